The van der Waals surface area contributed by atoms with Gasteiger partial charge >= 0.3 is 0 Å². The largest absolute Gasteiger partial charge is 0.472 e. The molecule has 0 fully saturated rings. The molecule has 0 aliphatic rings. The first-order valence-corrected chi connectivity index (χ1v) is 4.67. The molecule has 3 nitrogen and oxygen atoms in total. The van der Waals surface area contributed by atoms with Gasteiger partial charge in [-0.05, 0) is 12.5 Å². The molecule has 0 radical (unpaired) electrons. The third-order valence-electron chi connectivity index (χ3n) is 1.99. The molecule has 80 valence electrons. The number of ether oxygens (including phenoxy) is 1. The molecule has 1 aromatic carbocycles. The van der Waals surface area contributed by atoms with Crippen LogP contribution in [0.5, 0.6) is 5.75 Å². The van der Waals surface area contributed by atoms with Gasteiger partial charge in [0.25, 0.3) is 0 Å². The van der Waals surface area contributed by atoms with Crippen LogP contribution in [-0.2, 0) is 6.61 Å². The summed E-state index contributed by atoms with van der Waals surface area (Å²) < 4.78 is 18.5. The van der Waals surface area contributed by atoms with Crippen LogP contribution in [0.25, 0.3) is 0 Å². The minimum absolute atomic E-state index is 0.0339. The van der Waals surface area contributed by atoms with Crippen molar-refractivity contribution in [3.05, 3.63) is 29.6 Å². The number of para-hydroxylation sites is 1. The third kappa shape index (κ3) is 2.67. The van der Waals surface area contributed by atoms with Crippen molar-refractivity contribution in [1.29, 1.82) is 5.26 Å². The zero-order chi connectivity index (χ0) is 11.3. The van der Waals surface area contributed by atoms with Crippen molar-refractivity contribution in [2.45, 2.75) is 26.1 Å². The van der Waals surface area contributed by atoms with Gasteiger partial charge in [-0.15, -0.1) is 0 Å². The fourth-order valence-corrected chi connectivity index (χ4v) is 1.15. The number of hydrogen-bond donors (Lipinski definition) is 1. The second-order valence-electron chi connectivity index (χ2n) is 3.03. The van der Waals surface area contributed by atoms with Crippen LogP contribution in [0.1, 0.15) is 18.9 Å². The summed E-state index contributed by atoms with van der Waals surface area (Å²) in [6, 6.07) is 6.19. The highest BCUT2D eigenvalue weighted by Crippen LogP contribution is 2.24. The molecule has 0 amide bonds. The highest BCUT2D eigenvalue weighted by atomic mass is 19.1. The van der Waals surface area contributed by atoms with Crippen molar-refractivity contribution < 1.29 is 14.2 Å². The Kier molecular flexibility index (Phi) is 4.07. The van der Waals surface area contributed by atoms with Gasteiger partial charge in [0.15, 0.2) is 17.7 Å². The molecule has 0 saturated heterocycles. The predicted molar refractivity (Wildman–Crippen MR) is 52.6 cm³/mol. The summed E-state index contributed by atoms with van der Waals surface area (Å²) in [6.07, 6.45) is -0.220. The van der Waals surface area contributed by atoms with Crippen LogP contribution in [0.2, 0.25) is 0 Å². The van der Waals surface area contributed by atoms with Crippen LogP contribution in [0.15, 0.2) is 18.2 Å². The molecule has 0 spiro atoms. The molecule has 0 aliphatic heterocycles. The molecule has 0 aromatic heterocycles. The Morgan fingerprint density at radius 1 is 1.60 bits per heavy atom. The minimum atomic E-state index is -0.688. The molecule has 1 rings (SSSR count). The Balaban J connectivity index is 2.97. The summed E-state index contributed by atoms with van der Waals surface area (Å²) in [5.74, 6) is -0.594. The monoisotopic (exact) mass is 209 g/mol. The van der Waals surface area contributed by atoms with Crippen molar-refractivity contribution in [2.24, 2.45) is 0 Å². The molecule has 1 N–H and O–H groups in total. The summed E-state index contributed by atoms with van der Waals surface area (Å²) in [6.45, 7) is 1.46. The van der Waals surface area contributed by atoms with Crippen LogP contribution in [-0.4, -0.2) is 11.2 Å². The fourth-order valence-electron chi connectivity index (χ4n) is 1.15. The highest BCUT2D eigenvalue weighted by molar-refractivity contribution is 5.34. The average Bonchev–Trinajstić information content (AvgIpc) is 2.27. The van der Waals surface area contributed by atoms with Crippen LogP contribution in [0, 0.1) is 17.1 Å². The summed E-state index contributed by atoms with van der Waals surface area (Å²) in [5.41, 5.74) is 0.351. The predicted octanol–water partition coefficient (Wildman–Crippen LogP) is 2.00. The standard InChI is InChI=1S/C11H12FNO2/c1-2-9(6-13)15-11-8(7-14)4-3-5-10(11)12/h3-5,9,14H,2,7H2,1H3. The van der Waals surface area contributed by atoms with Gasteiger partial charge in [-0.1, -0.05) is 19.1 Å². The maximum absolute atomic E-state index is 13.3. The van der Waals surface area contributed by atoms with Gasteiger partial charge in [0.1, 0.15) is 6.07 Å². The van der Waals surface area contributed by atoms with E-state index in [2.05, 4.69) is 0 Å². The summed E-state index contributed by atoms with van der Waals surface area (Å²) in [7, 11) is 0. The summed E-state index contributed by atoms with van der Waals surface area (Å²) >= 11 is 0. The molecule has 0 heterocycles. The number of nitriles is 1. The molecule has 1 atom stereocenters. The van der Waals surface area contributed by atoms with E-state index in [-0.39, 0.29) is 12.4 Å². The molecule has 0 aliphatic carbocycles. The quantitative estimate of drug-likeness (QED) is 0.825. The maximum Gasteiger partial charge on any atom is 0.184 e. The summed E-state index contributed by atoms with van der Waals surface area (Å²) in [4.78, 5) is 0. The number of aliphatic hydroxyl groups excluding tert-OH is 1. The van der Waals surface area contributed by atoms with Gasteiger partial charge in [0.2, 0.25) is 0 Å². The second-order valence-corrected chi connectivity index (χ2v) is 3.03. The van der Waals surface area contributed by atoms with E-state index in [0.717, 1.165) is 0 Å². The molecule has 4 heteroatoms. The lowest BCUT2D eigenvalue weighted by atomic mass is 10.2. The average molecular weight is 209 g/mol. The van der Waals surface area contributed by atoms with Crippen molar-refractivity contribution in [3.63, 3.8) is 0 Å². The van der Waals surface area contributed by atoms with E-state index < -0.39 is 11.9 Å². The number of rotatable bonds is 4. The zero-order valence-corrected chi connectivity index (χ0v) is 8.40. The van der Waals surface area contributed by atoms with Crippen molar-refractivity contribution in [1.82, 2.24) is 0 Å². The summed E-state index contributed by atoms with van der Waals surface area (Å²) in [5, 5.41) is 17.7. The molecular weight excluding hydrogens is 197 g/mol. The van der Waals surface area contributed by atoms with Crippen LogP contribution >= 0.6 is 0 Å². The van der Waals surface area contributed by atoms with Gasteiger partial charge in [-0.2, -0.15) is 5.26 Å². The van der Waals surface area contributed by atoms with Crippen molar-refractivity contribution >= 4 is 0 Å². The fraction of sp³-hybridized carbons (Fsp3) is 0.364. The lowest BCUT2D eigenvalue weighted by Crippen LogP contribution is -2.14. The normalized spacial score (nSPS) is 11.9. The van der Waals surface area contributed by atoms with Gasteiger partial charge < -0.3 is 9.84 Å². The molecule has 1 unspecified atom stereocenters. The second kappa shape index (κ2) is 5.32. The van der Waals surface area contributed by atoms with Crippen LogP contribution in [0.4, 0.5) is 4.39 Å². The highest BCUT2D eigenvalue weighted by Gasteiger charge is 2.13. The van der Waals surface area contributed by atoms with Crippen molar-refractivity contribution in [2.75, 3.05) is 0 Å². The molecule has 0 bridgehead atoms. The Labute approximate surface area is 87.7 Å². The van der Waals surface area contributed by atoms with E-state index in [1.54, 1.807) is 13.0 Å². The van der Waals surface area contributed by atoms with E-state index in [9.17, 15) is 4.39 Å². The first-order valence-electron chi connectivity index (χ1n) is 4.67. The minimum Gasteiger partial charge on any atom is -0.472 e. The SMILES string of the molecule is CCC(C#N)Oc1c(F)cccc1CO. The molecule has 0 saturated carbocycles. The first kappa shape index (κ1) is 11.5. The number of hydrogen-bond acceptors (Lipinski definition) is 3. The molecule has 15 heavy (non-hydrogen) atoms. The third-order valence-corrected chi connectivity index (χ3v) is 1.99. The Hall–Kier alpha value is -1.60. The van der Waals surface area contributed by atoms with E-state index in [4.69, 9.17) is 15.1 Å². The number of aliphatic hydroxyl groups is 1. The maximum atomic E-state index is 13.3. The number of halogens is 1. The van der Waals surface area contributed by atoms with Gasteiger partial charge in [-0.25, -0.2) is 4.39 Å². The van der Waals surface area contributed by atoms with Crippen molar-refractivity contribution in [3.8, 4) is 11.8 Å². The van der Waals surface area contributed by atoms with E-state index >= 15 is 0 Å². The topological polar surface area (TPSA) is 53.2 Å². The van der Waals surface area contributed by atoms with E-state index in [1.807, 2.05) is 6.07 Å². The van der Waals surface area contributed by atoms with E-state index in [0.29, 0.717) is 12.0 Å². The van der Waals surface area contributed by atoms with Gasteiger partial charge in [0, 0.05) is 5.56 Å². The van der Waals surface area contributed by atoms with Gasteiger partial charge in [-0.3, -0.25) is 0 Å². The zero-order valence-electron chi connectivity index (χ0n) is 8.40. The Morgan fingerprint density at radius 3 is 2.87 bits per heavy atom. The Morgan fingerprint density at radius 2 is 2.33 bits per heavy atom. The van der Waals surface area contributed by atoms with Crippen LogP contribution in [0.3, 0.4) is 0 Å². The van der Waals surface area contributed by atoms with E-state index in [1.165, 1.54) is 12.1 Å². The molecule has 1 aromatic rings. The van der Waals surface area contributed by atoms with Gasteiger partial charge in [0.05, 0.1) is 6.61 Å². The number of benzene rings is 1. The molecular formula is C11H12FNO2. The van der Waals surface area contributed by atoms with Crippen LogP contribution < -0.4 is 4.74 Å². The lowest BCUT2D eigenvalue weighted by Gasteiger charge is -2.13. The number of nitrogens with zero attached hydrogens (tertiary/aromatic N) is 1. The first-order chi connectivity index (χ1) is 7.22. The smallest absolute Gasteiger partial charge is 0.184 e. The Bertz CT molecular complexity index is 373. The lowest BCUT2D eigenvalue weighted by molar-refractivity contribution is 0.223.